The van der Waals surface area contributed by atoms with Crippen molar-refractivity contribution in [3.63, 3.8) is 0 Å². The highest BCUT2D eigenvalue weighted by atomic mass is 32.1. The van der Waals surface area contributed by atoms with E-state index in [1.54, 1.807) is 0 Å². The molecule has 0 N–H and O–H groups in total. The largest absolute Gasteiger partial charge is 0.559 e. The lowest BCUT2D eigenvalue weighted by Crippen LogP contribution is -2.45. The summed E-state index contributed by atoms with van der Waals surface area (Å²) in [6, 6.07) is 0. The second kappa shape index (κ2) is 10.2. The quantitative estimate of drug-likeness (QED) is 0.328. The molecule has 1 saturated heterocycles. The Morgan fingerprint density at radius 2 is 1.63 bits per heavy atom. The van der Waals surface area contributed by atoms with E-state index in [-0.39, 0.29) is 34.0 Å². The number of thiazole rings is 1. The Hall–Kier alpha value is -1.12. The van der Waals surface area contributed by atoms with Gasteiger partial charge in [0.05, 0.1) is 11.3 Å². The van der Waals surface area contributed by atoms with Crippen LogP contribution in [0.15, 0.2) is 0 Å². The summed E-state index contributed by atoms with van der Waals surface area (Å²) in [5.41, 5.74) is 7.28. The van der Waals surface area contributed by atoms with Crippen LogP contribution in [0, 0.1) is 12.3 Å². The maximum Gasteiger partial charge on any atom is 0.137 e. The maximum atomic E-state index is 7.37. The Morgan fingerprint density at radius 1 is 1.00 bits per heavy atom. The molecule has 4 heterocycles. The molecule has 2 aromatic heterocycles. The minimum absolute atomic E-state index is 0.0161. The van der Waals surface area contributed by atoms with Gasteiger partial charge in [0.15, 0.2) is 0 Å². The number of aromatic nitrogens is 2. The lowest BCUT2D eigenvalue weighted by molar-refractivity contribution is -0.122. The molecule has 0 unspecified atom stereocenters. The molecule has 2 aliphatic heterocycles. The number of hydrogen-bond donors (Lipinski definition) is 0. The van der Waals surface area contributed by atoms with Gasteiger partial charge in [-0.3, -0.25) is 4.98 Å². The minimum atomic E-state index is -2.06. The van der Waals surface area contributed by atoms with Crippen LogP contribution in [0.5, 0.6) is 0 Å². The predicted octanol–water partition coefficient (Wildman–Crippen LogP) is 9.43. The average molecular weight is 599 g/mol. The van der Waals surface area contributed by atoms with Crippen molar-refractivity contribution in [2.24, 2.45) is 5.41 Å². The number of ether oxygens (including phenoxy) is 2. The van der Waals surface area contributed by atoms with Crippen LogP contribution in [-0.2, 0) is 31.3 Å². The summed E-state index contributed by atoms with van der Waals surface area (Å²) in [5, 5.41) is 1.19. The summed E-state index contributed by atoms with van der Waals surface area (Å²) >= 11 is 1.83. The van der Waals surface area contributed by atoms with Gasteiger partial charge in [0.2, 0.25) is 0 Å². The molecular formula is C34H54N2O3SSi-. The molecule has 5 rings (SSSR count). The zero-order chi connectivity index (χ0) is 30.3. The molecule has 3 aliphatic rings. The second-order valence-corrected chi connectivity index (χ2v) is 22.3. The fraction of sp³-hybridized carbons (Fsp3) is 0.765. The Morgan fingerprint density at radius 3 is 2.17 bits per heavy atom. The molecule has 1 spiro atoms. The van der Waals surface area contributed by atoms with Crippen molar-refractivity contribution in [2.45, 2.75) is 149 Å². The highest BCUT2D eigenvalue weighted by Gasteiger charge is 2.53. The lowest BCUT2D eigenvalue weighted by atomic mass is 9.70. The number of fused-ring (bicyclic) bond motifs is 4. The molecule has 41 heavy (non-hydrogen) atoms. The molecule has 2 aromatic rings. The molecule has 0 saturated carbocycles. The van der Waals surface area contributed by atoms with Crippen molar-refractivity contribution in [3.05, 3.63) is 43.7 Å². The summed E-state index contributed by atoms with van der Waals surface area (Å²) < 4.78 is 20.7. The highest BCUT2D eigenvalue weighted by Crippen LogP contribution is 2.59. The molecule has 5 nitrogen and oxygen atoms in total. The van der Waals surface area contributed by atoms with Crippen LogP contribution in [0.4, 0.5) is 0 Å². The zero-order valence-electron chi connectivity index (χ0n) is 28.0. The number of aryl methyl sites for hydroxylation is 1. The normalized spacial score (nSPS) is 24.1. The van der Waals surface area contributed by atoms with Gasteiger partial charge in [-0.1, -0.05) is 69.2 Å². The first-order valence-corrected chi connectivity index (χ1v) is 19.5. The van der Waals surface area contributed by atoms with E-state index in [1.165, 1.54) is 33.0 Å². The molecule has 0 amide bonds. The zero-order valence-corrected chi connectivity index (χ0v) is 29.8. The predicted molar refractivity (Wildman–Crippen MR) is 172 cm³/mol. The summed E-state index contributed by atoms with van der Waals surface area (Å²) in [7, 11) is -2.06. The lowest BCUT2D eigenvalue weighted by Gasteiger charge is -2.53. The van der Waals surface area contributed by atoms with Gasteiger partial charge < -0.3 is 13.9 Å². The summed E-state index contributed by atoms with van der Waals surface area (Å²) in [6.45, 7) is 31.6. The van der Waals surface area contributed by atoms with E-state index < -0.39 is 13.9 Å². The van der Waals surface area contributed by atoms with Crippen molar-refractivity contribution in [1.29, 1.82) is 0 Å². The maximum absolute atomic E-state index is 7.37. The van der Waals surface area contributed by atoms with Crippen molar-refractivity contribution in [3.8, 4) is 0 Å². The van der Waals surface area contributed by atoms with E-state index in [9.17, 15) is 0 Å². The fourth-order valence-corrected chi connectivity index (χ4v) is 9.37. The van der Waals surface area contributed by atoms with Crippen LogP contribution in [0.2, 0.25) is 18.1 Å². The third kappa shape index (κ3) is 5.52. The van der Waals surface area contributed by atoms with Crippen LogP contribution in [-0.4, -0.2) is 31.5 Å². The first-order valence-electron chi connectivity index (χ1n) is 15.7. The monoisotopic (exact) mass is 598 g/mol. The molecule has 0 radical (unpaired) electrons. The molecule has 1 aliphatic carbocycles. The van der Waals surface area contributed by atoms with Gasteiger partial charge >= 0.3 is 0 Å². The Kier molecular flexibility index (Phi) is 7.80. The Balaban J connectivity index is 1.79. The summed E-state index contributed by atoms with van der Waals surface area (Å²) in [4.78, 5) is 12.1. The number of hydrogen-bond acceptors (Lipinski definition) is 6. The molecule has 0 aromatic carbocycles. The first-order chi connectivity index (χ1) is 18.8. The SMILES string of the molecule is Cc1nc([C@H]2OC3(CCOCC3)c3c2c(C(C)C)nc2c3[C@@H](O[Si-](C)(C)C(C)(C)C)CC(C)(C)C2)sc1C(C)(C)C. The number of pyridine rings is 1. The standard InChI is InChI=1S/C34H54N2O3SSi/c1-20(2)27-25-26(24-22(36-27)18-33(10,11)19-23(24)39-41(12,13)32(7,8)9)34(14-16-37-17-15-34)38-28(25)30-35-21(3)29(40-30)31(4,5)6/h20,23,28H,14-19H2,1-13H3/q-1/t23-,28-/m0/s1. The summed E-state index contributed by atoms with van der Waals surface area (Å²) in [5.74, 6) is 0.281. The van der Waals surface area contributed by atoms with Gasteiger partial charge in [-0.15, -0.1) is 29.5 Å². The topological polar surface area (TPSA) is 53.5 Å². The molecule has 1 fully saturated rings. The van der Waals surface area contributed by atoms with Crippen molar-refractivity contribution in [1.82, 2.24) is 9.97 Å². The number of rotatable bonds is 4. The van der Waals surface area contributed by atoms with Crippen LogP contribution in [0.25, 0.3) is 0 Å². The molecule has 0 bridgehead atoms. The van der Waals surface area contributed by atoms with Crippen LogP contribution >= 0.6 is 11.3 Å². The molecule has 7 heteroatoms. The van der Waals surface area contributed by atoms with E-state index >= 15 is 0 Å². The van der Waals surface area contributed by atoms with E-state index in [0.717, 1.165) is 36.4 Å². The van der Waals surface area contributed by atoms with Crippen LogP contribution in [0.1, 0.15) is 150 Å². The van der Waals surface area contributed by atoms with Gasteiger partial charge in [-0.25, -0.2) is 4.98 Å². The highest BCUT2D eigenvalue weighted by molar-refractivity contribution is 7.12. The fourth-order valence-electron chi connectivity index (χ4n) is 6.94. The third-order valence-corrected chi connectivity index (χ3v) is 16.1. The van der Waals surface area contributed by atoms with Crippen LogP contribution in [0.3, 0.4) is 0 Å². The molecule has 229 valence electrons. The van der Waals surface area contributed by atoms with Gasteiger partial charge in [0, 0.05) is 59.6 Å². The minimum Gasteiger partial charge on any atom is -0.559 e. The van der Waals surface area contributed by atoms with Gasteiger partial charge in [-0.2, -0.15) is 0 Å². The average Bonchev–Trinajstić information content (AvgIpc) is 3.36. The molecular weight excluding hydrogens is 545 g/mol. The van der Waals surface area contributed by atoms with Gasteiger partial charge in [0.25, 0.3) is 0 Å². The molecule has 2 atom stereocenters. The summed E-state index contributed by atoms with van der Waals surface area (Å²) in [6.07, 6.45) is 3.50. The van der Waals surface area contributed by atoms with E-state index in [4.69, 9.17) is 23.9 Å². The first kappa shape index (κ1) is 31.3. The number of nitrogens with zero attached hydrogens (tertiary/aromatic N) is 2. The smallest absolute Gasteiger partial charge is 0.137 e. The van der Waals surface area contributed by atoms with E-state index in [0.29, 0.717) is 13.2 Å². The van der Waals surface area contributed by atoms with Crippen molar-refractivity contribution < 1.29 is 13.9 Å². The van der Waals surface area contributed by atoms with Gasteiger partial charge in [-0.05, 0) is 50.4 Å². The van der Waals surface area contributed by atoms with Gasteiger partial charge in [0.1, 0.15) is 11.1 Å². The van der Waals surface area contributed by atoms with Crippen LogP contribution < -0.4 is 0 Å². The third-order valence-electron chi connectivity index (χ3n) is 9.96. The van der Waals surface area contributed by atoms with E-state index in [1.807, 2.05) is 11.3 Å². The Labute approximate surface area is 254 Å². The Bertz CT molecular complexity index is 1310. The van der Waals surface area contributed by atoms with Crippen molar-refractivity contribution >= 4 is 19.7 Å². The second-order valence-electron chi connectivity index (χ2n) is 16.5. The van der Waals surface area contributed by atoms with E-state index in [2.05, 4.69) is 89.3 Å². The van der Waals surface area contributed by atoms with Crippen molar-refractivity contribution in [2.75, 3.05) is 13.2 Å².